The van der Waals surface area contributed by atoms with E-state index in [2.05, 4.69) is 35.8 Å². The van der Waals surface area contributed by atoms with Crippen LogP contribution >= 0.6 is 0 Å². The van der Waals surface area contributed by atoms with Crippen LogP contribution in [0.3, 0.4) is 0 Å². The number of nitrogens with zero attached hydrogens (tertiary/aromatic N) is 4. The van der Waals surface area contributed by atoms with E-state index in [0.717, 1.165) is 55.8 Å². The molecule has 2 aliphatic rings. The van der Waals surface area contributed by atoms with E-state index in [0.29, 0.717) is 17.8 Å². The maximum absolute atomic E-state index is 13.6. The van der Waals surface area contributed by atoms with Gasteiger partial charge in [-0.2, -0.15) is 0 Å². The Morgan fingerprint density at radius 2 is 1.79 bits per heavy atom. The average Bonchev–Trinajstić information content (AvgIpc) is 3.68. The maximum atomic E-state index is 13.6. The van der Waals surface area contributed by atoms with Crippen molar-refractivity contribution in [1.82, 2.24) is 19.4 Å². The topological polar surface area (TPSA) is 58.4 Å². The smallest absolute Gasteiger partial charge is 0.261 e. The Morgan fingerprint density at radius 3 is 2.48 bits per heavy atom. The summed E-state index contributed by atoms with van der Waals surface area (Å²) < 4.78 is 1.86. The Balaban J connectivity index is 1.51. The first-order valence-corrected chi connectivity index (χ1v) is 12.1. The van der Waals surface area contributed by atoms with Crippen LogP contribution in [0.4, 0.5) is 0 Å². The molecule has 0 bridgehead atoms. The van der Waals surface area contributed by atoms with Gasteiger partial charge in [-0.15, -0.1) is 0 Å². The second kappa shape index (κ2) is 9.10. The van der Waals surface area contributed by atoms with Gasteiger partial charge in [-0.1, -0.05) is 49.4 Å². The maximum Gasteiger partial charge on any atom is 0.261 e. The minimum absolute atomic E-state index is 0.00787. The summed E-state index contributed by atoms with van der Waals surface area (Å²) in [4.78, 5) is 35.8. The molecule has 1 saturated heterocycles. The molecule has 1 amide bonds. The second-order valence-electron chi connectivity index (χ2n) is 9.44. The van der Waals surface area contributed by atoms with E-state index in [1.165, 1.54) is 0 Å². The van der Waals surface area contributed by atoms with Crippen molar-refractivity contribution in [3.8, 4) is 0 Å². The SMILES string of the molecule is CCC(c1nc2ccccc2c(=O)n1Cc1ccccc1)N1CCN(C(=O)C2CC2)C(C)C1. The Kier molecular flexibility index (Phi) is 6.02. The van der Waals surface area contributed by atoms with Crippen LogP contribution in [0.1, 0.15) is 50.5 Å². The first-order valence-electron chi connectivity index (χ1n) is 12.1. The summed E-state index contributed by atoms with van der Waals surface area (Å²) in [5, 5.41) is 0.653. The number of piperazine rings is 1. The standard InChI is InChI=1S/C27H32N4O2/c1-3-24(29-15-16-30(19(2)17-29)26(32)21-13-14-21)25-28-23-12-8-7-11-22(23)27(33)31(25)18-20-9-5-4-6-10-20/h4-12,19,21,24H,3,13-18H2,1-2H3. The van der Waals surface area contributed by atoms with Crippen LogP contribution in [0.15, 0.2) is 59.4 Å². The van der Waals surface area contributed by atoms with Gasteiger partial charge in [0, 0.05) is 31.6 Å². The molecular weight excluding hydrogens is 412 g/mol. The molecule has 6 nitrogen and oxygen atoms in total. The molecule has 2 heterocycles. The largest absolute Gasteiger partial charge is 0.337 e. The summed E-state index contributed by atoms with van der Waals surface area (Å²) >= 11 is 0. The van der Waals surface area contributed by atoms with Crippen molar-refractivity contribution in [3.05, 3.63) is 76.3 Å². The van der Waals surface area contributed by atoms with Gasteiger partial charge < -0.3 is 4.90 Å². The molecule has 0 spiro atoms. The van der Waals surface area contributed by atoms with Gasteiger partial charge in [0.2, 0.25) is 5.91 Å². The minimum atomic E-state index is 0.00787. The Bertz CT molecular complexity index is 1200. The number of rotatable bonds is 6. The number of fused-ring (bicyclic) bond motifs is 1. The zero-order chi connectivity index (χ0) is 22.9. The van der Waals surface area contributed by atoms with Crippen molar-refractivity contribution in [3.63, 3.8) is 0 Å². The summed E-state index contributed by atoms with van der Waals surface area (Å²) in [5.74, 6) is 1.39. The van der Waals surface area contributed by atoms with Crippen molar-refractivity contribution in [1.29, 1.82) is 0 Å². The molecule has 1 aliphatic carbocycles. The molecule has 0 radical (unpaired) electrons. The van der Waals surface area contributed by atoms with Gasteiger partial charge in [0.25, 0.3) is 5.56 Å². The number of hydrogen-bond donors (Lipinski definition) is 0. The molecule has 1 saturated carbocycles. The fourth-order valence-electron chi connectivity index (χ4n) is 5.12. The monoisotopic (exact) mass is 444 g/mol. The first-order chi connectivity index (χ1) is 16.1. The summed E-state index contributed by atoms with van der Waals surface area (Å²) in [7, 11) is 0. The van der Waals surface area contributed by atoms with Crippen molar-refractivity contribution in [2.75, 3.05) is 19.6 Å². The van der Waals surface area contributed by atoms with E-state index in [-0.39, 0.29) is 23.6 Å². The van der Waals surface area contributed by atoms with Crippen molar-refractivity contribution in [2.45, 2.75) is 51.7 Å². The van der Waals surface area contributed by atoms with Crippen molar-refractivity contribution < 1.29 is 4.79 Å². The molecular formula is C27H32N4O2. The lowest BCUT2D eigenvalue weighted by Crippen LogP contribution is -2.55. The highest BCUT2D eigenvalue weighted by atomic mass is 16.2. The molecule has 1 aromatic heterocycles. The second-order valence-corrected chi connectivity index (χ2v) is 9.44. The molecule has 1 aliphatic heterocycles. The third-order valence-corrected chi connectivity index (χ3v) is 7.07. The molecule has 2 unspecified atom stereocenters. The molecule has 3 aromatic rings. The number of benzene rings is 2. The van der Waals surface area contributed by atoms with E-state index >= 15 is 0 Å². The molecule has 0 N–H and O–H groups in total. The van der Waals surface area contributed by atoms with Gasteiger partial charge >= 0.3 is 0 Å². The molecule has 33 heavy (non-hydrogen) atoms. The highest BCUT2D eigenvalue weighted by molar-refractivity contribution is 5.81. The fourth-order valence-corrected chi connectivity index (χ4v) is 5.12. The first kappa shape index (κ1) is 21.8. The predicted octanol–water partition coefficient (Wildman–Crippen LogP) is 3.84. The zero-order valence-corrected chi connectivity index (χ0v) is 19.5. The molecule has 2 aromatic carbocycles. The summed E-state index contributed by atoms with van der Waals surface area (Å²) in [6.07, 6.45) is 2.93. The van der Waals surface area contributed by atoms with E-state index in [4.69, 9.17) is 4.98 Å². The molecule has 2 fully saturated rings. The van der Waals surface area contributed by atoms with Gasteiger partial charge in [-0.05, 0) is 43.9 Å². The average molecular weight is 445 g/mol. The third kappa shape index (κ3) is 4.32. The van der Waals surface area contributed by atoms with Crippen LogP contribution in [0.5, 0.6) is 0 Å². The third-order valence-electron chi connectivity index (χ3n) is 7.07. The Hall–Kier alpha value is -2.99. The van der Waals surface area contributed by atoms with Gasteiger partial charge in [-0.3, -0.25) is 19.1 Å². The van der Waals surface area contributed by atoms with Gasteiger partial charge in [0.15, 0.2) is 0 Å². The van der Waals surface area contributed by atoms with Crippen LogP contribution in [0, 0.1) is 5.92 Å². The summed E-state index contributed by atoms with van der Waals surface area (Å²) in [5.41, 5.74) is 1.84. The number of para-hydroxylation sites is 1. The van der Waals surface area contributed by atoms with Crippen LogP contribution in [-0.2, 0) is 11.3 Å². The molecule has 172 valence electrons. The van der Waals surface area contributed by atoms with E-state index < -0.39 is 0 Å². The van der Waals surface area contributed by atoms with Gasteiger partial charge in [0.05, 0.1) is 23.5 Å². The quantitative estimate of drug-likeness (QED) is 0.580. The van der Waals surface area contributed by atoms with Gasteiger partial charge in [-0.25, -0.2) is 4.98 Å². The van der Waals surface area contributed by atoms with Crippen molar-refractivity contribution >= 4 is 16.8 Å². The van der Waals surface area contributed by atoms with E-state index in [9.17, 15) is 9.59 Å². The van der Waals surface area contributed by atoms with E-state index in [1.54, 1.807) is 0 Å². The number of carbonyl (C=O) groups is 1. The van der Waals surface area contributed by atoms with Crippen LogP contribution < -0.4 is 5.56 Å². The number of hydrogen-bond acceptors (Lipinski definition) is 4. The number of amides is 1. The summed E-state index contributed by atoms with van der Waals surface area (Å²) in [6, 6.07) is 17.9. The Labute approximate surface area is 194 Å². The lowest BCUT2D eigenvalue weighted by molar-refractivity contribution is -0.137. The van der Waals surface area contributed by atoms with Crippen LogP contribution in [0.2, 0.25) is 0 Å². The minimum Gasteiger partial charge on any atom is -0.337 e. The van der Waals surface area contributed by atoms with Crippen LogP contribution in [-0.4, -0.2) is 50.9 Å². The molecule has 6 heteroatoms. The van der Waals surface area contributed by atoms with Crippen LogP contribution in [0.25, 0.3) is 10.9 Å². The van der Waals surface area contributed by atoms with E-state index in [1.807, 2.05) is 47.0 Å². The molecule has 5 rings (SSSR count). The highest BCUT2D eigenvalue weighted by Crippen LogP contribution is 2.33. The normalized spacial score (nSPS) is 20.2. The zero-order valence-electron chi connectivity index (χ0n) is 19.5. The predicted molar refractivity (Wildman–Crippen MR) is 130 cm³/mol. The highest BCUT2D eigenvalue weighted by Gasteiger charge is 2.38. The fraction of sp³-hybridized carbons (Fsp3) is 0.444. The molecule has 2 atom stereocenters. The lowest BCUT2D eigenvalue weighted by Gasteiger charge is -2.43. The van der Waals surface area contributed by atoms with Crippen molar-refractivity contribution in [2.24, 2.45) is 5.92 Å². The lowest BCUT2D eigenvalue weighted by atomic mass is 10.1. The summed E-state index contributed by atoms with van der Waals surface area (Å²) in [6.45, 7) is 7.14. The number of carbonyl (C=O) groups excluding carboxylic acids is 1. The van der Waals surface area contributed by atoms with Gasteiger partial charge in [0.1, 0.15) is 5.82 Å². The Morgan fingerprint density at radius 1 is 1.06 bits per heavy atom. The number of aromatic nitrogens is 2.